The van der Waals surface area contributed by atoms with Gasteiger partial charge in [0.2, 0.25) is 0 Å². The van der Waals surface area contributed by atoms with E-state index in [9.17, 15) is 8.42 Å². The molecule has 120 valence electrons. The van der Waals surface area contributed by atoms with E-state index in [2.05, 4.69) is 17.2 Å². The summed E-state index contributed by atoms with van der Waals surface area (Å²) < 4.78 is 30.8. The van der Waals surface area contributed by atoms with Crippen LogP contribution in [0, 0.1) is 0 Å². The van der Waals surface area contributed by atoms with E-state index in [1.54, 1.807) is 32.5 Å². The molecule has 0 radical (unpaired) electrons. The number of sulfonamides is 1. The average molecular weight is 315 g/mol. The lowest BCUT2D eigenvalue weighted by molar-refractivity contribution is 0.189. The SMILES string of the molecule is CCCNCc1ccc(S(=O)(=O)N(C)CCCOC)nc1. The third kappa shape index (κ3) is 5.70. The maximum Gasteiger partial charge on any atom is 0.260 e. The van der Waals surface area contributed by atoms with Gasteiger partial charge in [0.1, 0.15) is 0 Å². The molecule has 0 unspecified atom stereocenters. The van der Waals surface area contributed by atoms with E-state index in [0.717, 1.165) is 18.5 Å². The standard InChI is InChI=1S/C14H25N3O3S/c1-4-8-15-11-13-6-7-14(16-12-13)21(18,19)17(2)9-5-10-20-3/h6-7,12,15H,4-5,8-11H2,1-3H3. The second-order valence-corrected chi connectivity index (χ2v) is 6.85. The first-order chi connectivity index (χ1) is 10.0. The molecular formula is C14H25N3O3S. The molecule has 0 saturated carbocycles. The van der Waals surface area contributed by atoms with Crippen LogP contribution in [0.15, 0.2) is 23.4 Å². The fourth-order valence-electron chi connectivity index (χ4n) is 1.79. The lowest BCUT2D eigenvalue weighted by Gasteiger charge is -2.16. The molecule has 0 aromatic carbocycles. The molecule has 0 atom stereocenters. The Morgan fingerprint density at radius 2 is 2.14 bits per heavy atom. The monoisotopic (exact) mass is 315 g/mol. The van der Waals surface area contributed by atoms with Gasteiger partial charge in [0.25, 0.3) is 10.0 Å². The number of ether oxygens (including phenoxy) is 1. The van der Waals surface area contributed by atoms with E-state index in [1.807, 2.05) is 0 Å². The van der Waals surface area contributed by atoms with Crippen molar-refractivity contribution in [2.24, 2.45) is 0 Å². The number of rotatable bonds is 10. The van der Waals surface area contributed by atoms with Crippen molar-refractivity contribution in [1.29, 1.82) is 0 Å². The predicted molar refractivity (Wildman–Crippen MR) is 82.5 cm³/mol. The second-order valence-electron chi connectivity index (χ2n) is 4.85. The molecule has 0 saturated heterocycles. The lowest BCUT2D eigenvalue weighted by atomic mass is 10.3. The Labute approximate surface area is 127 Å². The number of aromatic nitrogens is 1. The highest BCUT2D eigenvalue weighted by atomic mass is 32.2. The zero-order chi connectivity index (χ0) is 15.7. The van der Waals surface area contributed by atoms with Gasteiger partial charge >= 0.3 is 0 Å². The summed E-state index contributed by atoms with van der Waals surface area (Å²) in [7, 11) is -0.358. The van der Waals surface area contributed by atoms with Crippen molar-refractivity contribution in [3.63, 3.8) is 0 Å². The van der Waals surface area contributed by atoms with Crippen LogP contribution in [0.3, 0.4) is 0 Å². The topological polar surface area (TPSA) is 71.5 Å². The van der Waals surface area contributed by atoms with Crippen molar-refractivity contribution in [3.8, 4) is 0 Å². The fourth-order valence-corrected chi connectivity index (χ4v) is 2.90. The molecule has 1 rings (SSSR count). The molecular weight excluding hydrogens is 290 g/mol. The van der Waals surface area contributed by atoms with Gasteiger partial charge in [-0.25, -0.2) is 13.4 Å². The summed E-state index contributed by atoms with van der Waals surface area (Å²) in [5.74, 6) is 0. The van der Waals surface area contributed by atoms with Crippen LogP contribution in [0.25, 0.3) is 0 Å². The Kier molecular flexibility index (Phi) is 7.81. The molecule has 0 bridgehead atoms. The molecule has 0 aliphatic carbocycles. The van der Waals surface area contributed by atoms with Gasteiger partial charge in [-0.3, -0.25) is 0 Å². The summed E-state index contributed by atoms with van der Waals surface area (Å²) >= 11 is 0. The molecule has 21 heavy (non-hydrogen) atoms. The van der Waals surface area contributed by atoms with E-state index in [0.29, 0.717) is 26.1 Å². The number of pyridine rings is 1. The minimum atomic E-state index is -3.52. The Hall–Kier alpha value is -1.02. The highest BCUT2D eigenvalue weighted by Crippen LogP contribution is 2.12. The van der Waals surface area contributed by atoms with Crippen LogP contribution in [0.1, 0.15) is 25.3 Å². The maximum atomic E-state index is 12.3. The van der Waals surface area contributed by atoms with Crippen LogP contribution in [0.2, 0.25) is 0 Å². The molecule has 0 aliphatic rings. The number of methoxy groups -OCH3 is 1. The highest BCUT2D eigenvalue weighted by molar-refractivity contribution is 7.89. The van der Waals surface area contributed by atoms with Crippen molar-refractivity contribution in [1.82, 2.24) is 14.6 Å². The van der Waals surface area contributed by atoms with E-state index in [4.69, 9.17) is 4.74 Å². The Morgan fingerprint density at radius 3 is 2.71 bits per heavy atom. The van der Waals surface area contributed by atoms with Gasteiger partial charge in [-0.15, -0.1) is 0 Å². The van der Waals surface area contributed by atoms with Gasteiger partial charge in [0, 0.05) is 40.1 Å². The molecule has 1 N–H and O–H groups in total. The van der Waals surface area contributed by atoms with E-state index >= 15 is 0 Å². The van der Waals surface area contributed by atoms with Crippen molar-refractivity contribution >= 4 is 10.0 Å². The van der Waals surface area contributed by atoms with Crippen LogP contribution < -0.4 is 5.32 Å². The average Bonchev–Trinajstić information content (AvgIpc) is 2.48. The number of nitrogens with one attached hydrogen (secondary N) is 1. The van der Waals surface area contributed by atoms with E-state index in [-0.39, 0.29) is 5.03 Å². The highest BCUT2D eigenvalue weighted by Gasteiger charge is 2.21. The van der Waals surface area contributed by atoms with E-state index in [1.165, 1.54) is 4.31 Å². The number of hydrogen-bond donors (Lipinski definition) is 1. The first kappa shape index (κ1) is 18.0. The van der Waals surface area contributed by atoms with Crippen LogP contribution >= 0.6 is 0 Å². The zero-order valence-corrected chi connectivity index (χ0v) is 13.8. The predicted octanol–water partition coefficient (Wildman–Crippen LogP) is 1.24. The molecule has 7 heteroatoms. The Balaban J connectivity index is 2.66. The van der Waals surface area contributed by atoms with Crippen LogP contribution in [-0.2, 0) is 21.3 Å². The summed E-state index contributed by atoms with van der Waals surface area (Å²) in [5.41, 5.74) is 0.976. The van der Waals surface area contributed by atoms with Crippen molar-refractivity contribution < 1.29 is 13.2 Å². The first-order valence-corrected chi connectivity index (χ1v) is 8.57. The molecule has 1 aromatic rings. The minimum Gasteiger partial charge on any atom is -0.385 e. The molecule has 0 aliphatic heterocycles. The molecule has 0 amide bonds. The minimum absolute atomic E-state index is 0.0849. The molecule has 0 spiro atoms. The van der Waals surface area contributed by atoms with Gasteiger partial charge in [0.15, 0.2) is 5.03 Å². The smallest absolute Gasteiger partial charge is 0.260 e. The summed E-state index contributed by atoms with van der Waals surface area (Å²) in [5, 5.41) is 3.34. The largest absolute Gasteiger partial charge is 0.385 e. The third-order valence-corrected chi connectivity index (χ3v) is 4.82. The van der Waals surface area contributed by atoms with Crippen LogP contribution in [0.4, 0.5) is 0 Å². The lowest BCUT2D eigenvalue weighted by Crippen LogP contribution is -2.29. The van der Waals surface area contributed by atoms with Crippen LogP contribution in [0.5, 0.6) is 0 Å². The van der Waals surface area contributed by atoms with Crippen molar-refractivity contribution in [2.45, 2.75) is 31.3 Å². The maximum absolute atomic E-state index is 12.3. The normalized spacial score (nSPS) is 12.0. The Morgan fingerprint density at radius 1 is 1.38 bits per heavy atom. The second kappa shape index (κ2) is 9.09. The Bertz CT molecular complexity index is 503. The van der Waals surface area contributed by atoms with Gasteiger partial charge in [-0.05, 0) is 31.0 Å². The van der Waals surface area contributed by atoms with Crippen LogP contribution in [-0.4, -0.2) is 51.6 Å². The zero-order valence-electron chi connectivity index (χ0n) is 13.0. The summed E-state index contributed by atoms with van der Waals surface area (Å²) in [4.78, 5) is 4.08. The molecule has 1 aromatic heterocycles. The number of nitrogens with zero attached hydrogens (tertiary/aromatic N) is 2. The van der Waals surface area contributed by atoms with Gasteiger partial charge in [0.05, 0.1) is 0 Å². The van der Waals surface area contributed by atoms with Crippen molar-refractivity contribution in [2.75, 3.05) is 33.9 Å². The first-order valence-electron chi connectivity index (χ1n) is 7.13. The molecule has 6 nitrogen and oxygen atoms in total. The van der Waals surface area contributed by atoms with Gasteiger partial charge < -0.3 is 10.1 Å². The van der Waals surface area contributed by atoms with Gasteiger partial charge in [-0.2, -0.15) is 4.31 Å². The summed E-state index contributed by atoms with van der Waals surface area (Å²) in [6.45, 7) is 4.68. The fraction of sp³-hybridized carbons (Fsp3) is 0.643. The van der Waals surface area contributed by atoms with Crippen molar-refractivity contribution in [3.05, 3.63) is 23.9 Å². The summed E-state index contributed by atoms with van der Waals surface area (Å²) in [6.07, 6.45) is 3.33. The molecule has 1 heterocycles. The molecule has 0 fully saturated rings. The van der Waals surface area contributed by atoms with Gasteiger partial charge in [-0.1, -0.05) is 13.0 Å². The number of hydrogen-bond acceptors (Lipinski definition) is 5. The third-order valence-electron chi connectivity index (χ3n) is 3.05. The quantitative estimate of drug-likeness (QED) is 0.658. The summed E-state index contributed by atoms with van der Waals surface area (Å²) in [6, 6.07) is 3.36. The van der Waals surface area contributed by atoms with E-state index < -0.39 is 10.0 Å².